The Kier molecular flexibility index (Phi) is 4.75. The summed E-state index contributed by atoms with van der Waals surface area (Å²) in [6, 6.07) is 8.64. The number of rotatable bonds is 5. The molecule has 2 atom stereocenters. The molecular formula is C15H23NO2. The van der Waals surface area contributed by atoms with Crippen LogP contribution in [0.2, 0.25) is 0 Å². The minimum absolute atomic E-state index is 0.398. The fourth-order valence-electron chi connectivity index (χ4n) is 2.19. The Morgan fingerprint density at radius 1 is 1.28 bits per heavy atom. The molecule has 0 saturated carbocycles. The van der Waals surface area contributed by atoms with Gasteiger partial charge in [0.15, 0.2) is 0 Å². The summed E-state index contributed by atoms with van der Waals surface area (Å²) in [6.07, 6.45) is 0.603. The second kappa shape index (κ2) is 6.32. The molecule has 0 aliphatic carbocycles. The summed E-state index contributed by atoms with van der Waals surface area (Å²) in [7, 11) is 0. The minimum atomic E-state index is -0.438. The monoisotopic (exact) mass is 249 g/mol. The van der Waals surface area contributed by atoms with Gasteiger partial charge in [-0.15, -0.1) is 0 Å². The van der Waals surface area contributed by atoms with Gasteiger partial charge in [0.1, 0.15) is 0 Å². The molecule has 0 spiro atoms. The summed E-state index contributed by atoms with van der Waals surface area (Å²) in [5.41, 5.74) is 2.29. The molecule has 0 amide bonds. The van der Waals surface area contributed by atoms with Crippen LogP contribution in [0.5, 0.6) is 0 Å². The summed E-state index contributed by atoms with van der Waals surface area (Å²) in [5.74, 6) is 0.532. The standard InChI is InChI=1S/C15H23NO2/c1-11(2)12-3-5-13(6-4-12)15(17)9-16-14-7-8-18-10-14/h3-6,11,14-17H,7-10H2,1-2H3. The molecule has 2 unspecified atom stereocenters. The molecule has 1 heterocycles. The smallest absolute Gasteiger partial charge is 0.0914 e. The first-order chi connectivity index (χ1) is 8.66. The fraction of sp³-hybridized carbons (Fsp3) is 0.600. The first kappa shape index (κ1) is 13.5. The van der Waals surface area contributed by atoms with Crippen molar-refractivity contribution >= 4 is 0 Å². The zero-order chi connectivity index (χ0) is 13.0. The molecule has 3 nitrogen and oxygen atoms in total. The van der Waals surface area contributed by atoms with Crippen LogP contribution in [0.15, 0.2) is 24.3 Å². The van der Waals surface area contributed by atoms with E-state index in [4.69, 9.17) is 4.74 Å². The van der Waals surface area contributed by atoms with Crippen LogP contribution >= 0.6 is 0 Å². The fourth-order valence-corrected chi connectivity index (χ4v) is 2.19. The molecule has 1 fully saturated rings. The molecule has 2 rings (SSSR count). The van der Waals surface area contributed by atoms with Gasteiger partial charge in [0.05, 0.1) is 12.7 Å². The van der Waals surface area contributed by atoms with Gasteiger partial charge in [-0.1, -0.05) is 38.1 Å². The zero-order valence-electron chi connectivity index (χ0n) is 11.2. The van der Waals surface area contributed by atoms with Crippen molar-refractivity contribution in [1.82, 2.24) is 5.32 Å². The lowest BCUT2D eigenvalue weighted by atomic mass is 10.00. The van der Waals surface area contributed by atoms with E-state index in [0.717, 1.165) is 25.2 Å². The average molecular weight is 249 g/mol. The van der Waals surface area contributed by atoms with Gasteiger partial charge in [-0.2, -0.15) is 0 Å². The highest BCUT2D eigenvalue weighted by Crippen LogP contribution is 2.18. The maximum Gasteiger partial charge on any atom is 0.0914 e. The van der Waals surface area contributed by atoms with Crippen LogP contribution < -0.4 is 5.32 Å². The maximum absolute atomic E-state index is 10.1. The largest absolute Gasteiger partial charge is 0.387 e. The topological polar surface area (TPSA) is 41.5 Å². The van der Waals surface area contributed by atoms with E-state index in [1.165, 1.54) is 5.56 Å². The Bertz CT molecular complexity index is 355. The lowest BCUT2D eigenvalue weighted by Gasteiger charge is -2.16. The molecule has 0 aromatic heterocycles. The third-order valence-corrected chi connectivity index (χ3v) is 3.52. The molecule has 2 N–H and O–H groups in total. The van der Waals surface area contributed by atoms with E-state index in [1.54, 1.807) is 0 Å². The van der Waals surface area contributed by atoms with E-state index in [1.807, 2.05) is 12.1 Å². The van der Waals surface area contributed by atoms with Crippen molar-refractivity contribution in [1.29, 1.82) is 0 Å². The lowest BCUT2D eigenvalue weighted by Crippen LogP contribution is -2.32. The molecule has 0 radical (unpaired) electrons. The molecule has 18 heavy (non-hydrogen) atoms. The molecule has 1 aliphatic rings. The van der Waals surface area contributed by atoms with Gasteiger partial charge in [0.25, 0.3) is 0 Å². The number of aliphatic hydroxyl groups is 1. The molecule has 3 heteroatoms. The first-order valence-electron chi connectivity index (χ1n) is 6.76. The second-order valence-electron chi connectivity index (χ2n) is 5.31. The summed E-state index contributed by atoms with van der Waals surface area (Å²) >= 11 is 0. The van der Waals surface area contributed by atoms with E-state index in [-0.39, 0.29) is 0 Å². The molecule has 1 aromatic rings. The number of hydrogen-bond acceptors (Lipinski definition) is 3. The summed E-state index contributed by atoms with van der Waals surface area (Å²) in [4.78, 5) is 0. The Labute approximate surface area is 109 Å². The molecule has 0 bridgehead atoms. The Morgan fingerprint density at radius 2 is 1.94 bits per heavy atom. The number of hydrogen-bond donors (Lipinski definition) is 2. The van der Waals surface area contributed by atoms with Crippen molar-refractivity contribution in [2.75, 3.05) is 19.8 Å². The van der Waals surface area contributed by atoms with Gasteiger partial charge < -0.3 is 15.2 Å². The predicted octanol–water partition coefficient (Wildman–Crippen LogP) is 2.22. The third-order valence-electron chi connectivity index (χ3n) is 3.52. The van der Waals surface area contributed by atoms with Crippen molar-refractivity contribution in [3.8, 4) is 0 Å². The van der Waals surface area contributed by atoms with Gasteiger partial charge in [0.2, 0.25) is 0 Å². The van der Waals surface area contributed by atoms with Crippen LogP contribution in [0.3, 0.4) is 0 Å². The Balaban J connectivity index is 1.85. The number of benzene rings is 1. The molecule has 1 saturated heterocycles. The lowest BCUT2D eigenvalue weighted by molar-refractivity contribution is 0.161. The quantitative estimate of drug-likeness (QED) is 0.841. The van der Waals surface area contributed by atoms with Crippen molar-refractivity contribution < 1.29 is 9.84 Å². The molecule has 100 valence electrons. The summed E-state index contributed by atoms with van der Waals surface area (Å²) < 4.78 is 5.29. The van der Waals surface area contributed by atoms with Crippen LogP contribution in [-0.4, -0.2) is 30.9 Å². The van der Waals surface area contributed by atoms with E-state index in [9.17, 15) is 5.11 Å². The SMILES string of the molecule is CC(C)c1ccc(C(O)CNC2CCOC2)cc1. The van der Waals surface area contributed by atoms with Crippen LogP contribution in [0.4, 0.5) is 0 Å². The zero-order valence-corrected chi connectivity index (χ0v) is 11.2. The van der Waals surface area contributed by atoms with Gasteiger partial charge in [-0.3, -0.25) is 0 Å². The highest BCUT2D eigenvalue weighted by atomic mass is 16.5. The summed E-state index contributed by atoms with van der Waals surface area (Å²) in [5, 5.41) is 13.4. The van der Waals surface area contributed by atoms with Gasteiger partial charge in [0, 0.05) is 19.2 Å². The molecule has 1 aliphatic heterocycles. The van der Waals surface area contributed by atoms with Gasteiger partial charge in [-0.05, 0) is 23.5 Å². The van der Waals surface area contributed by atoms with Crippen LogP contribution in [-0.2, 0) is 4.74 Å². The average Bonchev–Trinajstić information content (AvgIpc) is 2.89. The number of aliphatic hydroxyl groups excluding tert-OH is 1. The first-order valence-corrected chi connectivity index (χ1v) is 6.76. The predicted molar refractivity (Wildman–Crippen MR) is 72.7 cm³/mol. The highest BCUT2D eigenvalue weighted by Gasteiger charge is 2.16. The van der Waals surface area contributed by atoms with E-state index in [0.29, 0.717) is 18.5 Å². The second-order valence-corrected chi connectivity index (χ2v) is 5.31. The van der Waals surface area contributed by atoms with E-state index < -0.39 is 6.10 Å². The van der Waals surface area contributed by atoms with E-state index in [2.05, 4.69) is 31.3 Å². The Hall–Kier alpha value is -0.900. The van der Waals surface area contributed by atoms with Crippen molar-refractivity contribution in [2.24, 2.45) is 0 Å². The van der Waals surface area contributed by atoms with E-state index >= 15 is 0 Å². The highest BCUT2D eigenvalue weighted by molar-refractivity contribution is 5.26. The van der Waals surface area contributed by atoms with Gasteiger partial charge in [-0.25, -0.2) is 0 Å². The van der Waals surface area contributed by atoms with Crippen LogP contribution in [0, 0.1) is 0 Å². The normalized spacial score (nSPS) is 21.4. The van der Waals surface area contributed by atoms with Gasteiger partial charge >= 0.3 is 0 Å². The summed E-state index contributed by atoms with van der Waals surface area (Å²) in [6.45, 7) is 6.53. The van der Waals surface area contributed by atoms with Crippen LogP contribution in [0.1, 0.15) is 43.4 Å². The molecular weight excluding hydrogens is 226 g/mol. The van der Waals surface area contributed by atoms with Crippen LogP contribution in [0.25, 0.3) is 0 Å². The van der Waals surface area contributed by atoms with Crippen molar-refractivity contribution in [2.45, 2.75) is 38.3 Å². The number of ether oxygens (including phenoxy) is 1. The maximum atomic E-state index is 10.1. The minimum Gasteiger partial charge on any atom is -0.387 e. The third kappa shape index (κ3) is 3.55. The van der Waals surface area contributed by atoms with Crippen molar-refractivity contribution in [3.63, 3.8) is 0 Å². The number of nitrogens with one attached hydrogen (secondary N) is 1. The Morgan fingerprint density at radius 3 is 2.50 bits per heavy atom. The molecule has 1 aromatic carbocycles. The van der Waals surface area contributed by atoms with Crippen molar-refractivity contribution in [3.05, 3.63) is 35.4 Å².